The SMILES string of the molecule is CCC[C@@H](Nc1nc(Nc2cncc(-c3ccccc3F)c2)c(C(N)=O)cc1F)[C@H](C)N. The maximum absolute atomic E-state index is 14.7. The smallest absolute Gasteiger partial charge is 0.252 e. The fraction of sp³-hybridized carbons (Fsp3) is 0.261. The minimum absolute atomic E-state index is 0.0496. The number of halogens is 2. The van der Waals surface area contributed by atoms with Gasteiger partial charge in [0, 0.05) is 29.4 Å². The van der Waals surface area contributed by atoms with Crippen molar-refractivity contribution in [2.45, 2.75) is 38.8 Å². The zero-order valence-electron chi connectivity index (χ0n) is 17.9. The number of benzene rings is 1. The second-order valence-electron chi connectivity index (χ2n) is 7.54. The van der Waals surface area contributed by atoms with Gasteiger partial charge in [0.1, 0.15) is 11.6 Å². The van der Waals surface area contributed by atoms with E-state index in [4.69, 9.17) is 11.5 Å². The molecule has 3 aromatic rings. The second-order valence-corrected chi connectivity index (χ2v) is 7.54. The van der Waals surface area contributed by atoms with Gasteiger partial charge in [0.05, 0.1) is 17.4 Å². The average molecular weight is 440 g/mol. The lowest BCUT2D eigenvalue weighted by atomic mass is 10.1. The number of rotatable bonds is 9. The van der Waals surface area contributed by atoms with Gasteiger partial charge in [-0.05, 0) is 31.5 Å². The van der Waals surface area contributed by atoms with E-state index in [1.807, 2.05) is 13.8 Å². The van der Waals surface area contributed by atoms with Crippen LogP contribution in [0.5, 0.6) is 0 Å². The molecule has 2 atom stereocenters. The molecule has 1 aromatic carbocycles. The molecule has 168 valence electrons. The Balaban J connectivity index is 1.97. The molecule has 0 unspecified atom stereocenters. The van der Waals surface area contributed by atoms with Crippen LogP contribution in [-0.4, -0.2) is 28.0 Å². The van der Waals surface area contributed by atoms with E-state index in [2.05, 4.69) is 20.6 Å². The van der Waals surface area contributed by atoms with Gasteiger partial charge < -0.3 is 22.1 Å². The Morgan fingerprint density at radius 1 is 1.12 bits per heavy atom. The summed E-state index contributed by atoms with van der Waals surface area (Å²) in [5.74, 6) is -1.96. The summed E-state index contributed by atoms with van der Waals surface area (Å²) < 4.78 is 28.8. The summed E-state index contributed by atoms with van der Waals surface area (Å²) in [7, 11) is 0. The lowest BCUT2D eigenvalue weighted by Crippen LogP contribution is -2.38. The lowest BCUT2D eigenvalue weighted by Gasteiger charge is -2.23. The predicted octanol–water partition coefficient (Wildman–Crippen LogP) is 4.19. The van der Waals surface area contributed by atoms with Crippen LogP contribution in [-0.2, 0) is 0 Å². The number of carbonyl (C=O) groups excluding carboxylic acids is 1. The summed E-state index contributed by atoms with van der Waals surface area (Å²) in [5.41, 5.74) is 12.6. The van der Waals surface area contributed by atoms with Crippen LogP contribution in [0.4, 0.5) is 26.1 Å². The zero-order chi connectivity index (χ0) is 23.3. The van der Waals surface area contributed by atoms with Gasteiger partial charge in [-0.25, -0.2) is 13.8 Å². The van der Waals surface area contributed by atoms with Crippen molar-refractivity contribution in [3.05, 3.63) is 66.0 Å². The first-order valence-electron chi connectivity index (χ1n) is 10.3. The number of primary amides is 1. The Hall–Kier alpha value is -3.59. The molecule has 7 nitrogen and oxygen atoms in total. The Labute approximate surface area is 185 Å². The monoisotopic (exact) mass is 440 g/mol. The summed E-state index contributed by atoms with van der Waals surface area (Å²) >= 11 is 0. The van der Waals surface area contributed by atoms with Crippen molar-refractivity contribution in [3.8, 4) is 11.1 Å². The van der Waals surface area contributed by atoms with Crippen LogP contribution < -0.4 is 22.1 Å². The molecule has 6 N–H and O–H groups in total. The third-order valence-corrected chi connectivity index (χ3v) is 4.98. The number of anilines is 3. The van der Waals surface area contributed by atoms with Crippen molar-refractivity contribution in [1.82, 2.24) is 9.97 Å². The van der Waals surface area contributed by atoms with E-state index in [-0.39, 0.29) is 29.3 Å². The van der Waals surface area contributed by atoms with Gasteiger partial charge in [0.2, 0.25) is 0 Å². The van der Waals surface area contributed by atoms with E-state index in [1.165, 1.54) is 18.5 Å². The molecule has 0 saturated carbocycles. The second kappa shape index (κ2) is 10.1. The molecule has 0 bridgehead atoms. The van der Waals surface area contributed by atoms with Gasteiger partial charge in [0.25, 0.3) is 5.91 Å². The summed E-state index contributed by atoms with van der Waals surface area (Å²) in [6.07, 6.45) is 4.56. The van der Waals surface area contributed by atoms with Crippen molar-refractivity contribution >= 4 is 23.2 Å². The van der Waals surface area contributed by atoms with Crippen LogP contribution >= 0.6 is 0 Å². The molecule has 0 fully saturated rings. The molecule has 0 saturated heterocycles. The van der Waals surface area contributed by atoms with E-state index in [0.29, 0.717) is 23.2 Å². The zero-order valence-corrected chi connectivity index (χ0v) is 17.9. The van der Waals surface area contributed by atoms with Crippen LogP contribution in [0.15, 0.2) is 48.8 Å². The van der Waals surface area contributed by atoms with Crippen LogP contribution in [0.3, 0.4) is 0 Å². The number of pyridine rings is 2. The number of hydrogen-bond donors (Lipinski definition) is 4. The van der Waals surface area contributed by atoms with E-state index in [0.717, 1.165) is 12.5 Å². The molecule has 0 aliphatic heterocycles. The van der Waals surface area contributed by atoms with E-state index in [1.54, 1.807) is 24.3 Å². The summed E-state index contributed by atoms with van der Waals surface area (Å²) in [4.78, 5) is 20.3. The van der Waals surface area contributed by atoms with Gasteiger partial charge >= 0.3 is 0 Å². The van der Waals surface area contributed by atoms with Crippen molar-refractivity contribution in [2.24, 2.45) is 11.5 Å². The third-order valence-electron chi connectivity index (χ3n) is 4.98. The number of carbonyl (C=O) groups is 1. The van der Waals surface area contributed by atoms with E-state index < -0.39 is 17.5 Å². The normalized spacial score (nSPS) is 12.8. The lowest BCUT2D eigenvalue weighted by molar-refractivity contribution is 0.100. The quantitative estimate of drug-likeness (QED) is 0.396. The van der Waals surface area contributed by atoms with Gasteiger partial charge in [-0.1, -0.05) is 31.5 Å². The standard InChI is InChI=1S/C23H26F2N6O/c1-3-6-20(13(2)26)30-23-19(25)10-17(21(27)32)22(31-23)29-15-9-14(11-28-12-15)16-7-4-5-8-18(16)24/h4-5,7-13,20H,3,6,26H2,1-2H3,(H2,27,32)(H2,29,30,31)/t13-,20+/m0/s1. The van der Waals surface area contributed by atoms with Crippen LogP contribution in [0.25, 0.3) is 11.1 Å². The molecule has 9 heteroatoms. The summed E-state index contributed by atoms with van der Waals surface area (Å²) in [6, 6.07) is 8.52. The summed E-state index contributed by atoms with van der Waals surface area (Å²) in [6.45, 7) is 3.82. The van der Waals surface area contributed by atoms with E-state index >= 15 is 0 Å². The molecule has 1 amide bonds. The highest BCUT2D eigenvalue weighted by atomic mass is 19.1. The fourth-order valence-electron chi connectivity index (χ4n) is 3.31. The molecule has 2 heterocycles. The fourth-order valence-corrected chi connectivity index (χ4v) is 3.31. The van der Waals surface area contributed by atoms with Gasteiger partial charge in [-0.2, -0.15) is 0 Å². The molecule has 0 spiro atoms. The minimum atomic E-state index is -0.846. The Morgan fingerprint density at radius 2 is 1.88 bits per heavy atom. The topological polar surface area (TPSA) is 119 Å². The first-order valence-corrected chi connectivity index (χ1v) is 10.3. The first-order chi connectivity index (χ1) is 15.3. The van der Waals surface area contributed by atoms with Gasteiger partial charge in [-0.15, -0.1) is 0 Å². The number of amides is 1. The molecule has 0 aliphatic carbocycles. The molecule has 0 radical (unpaired) electrons. The van der Waals surface area contributed by atoms with Crippen molar-refractivity contribution in [2.75, 3.05) is 10.6 Å². The highest BCUT2D eigenvalue weighted by Gasteiger charge is 2.20. The molecule has 0 aliphatic rings. The van der Waals surface area contributed by atoms with Crippen LogP contribution in [0.1, 0.15) is 37.0 Å². The predicted molar refractivity (Wildman–Crippen MR) is 122 cm³/mol. The number of nitrogens with zero attached hydrogens (tertiary/aromatic N) is 2. The largest absolute Gasteiger partial charge is 0.365 e. The number of hydrogen-bond acceptors (Lipinski definition) is 6. The minimum Gasteiger partial charge on any atom is -0.365 e. The highest BCUT2D eigenvalue weighted by molar-refractivity contribution is 5.98. The molecule has 3 rings (SSSR count). The molecular weight excluding hydrogens is 414 g/mol. The number of nitrogens with one attached hydrogen (secondary N) is 2. The Bertz CT molecular complexity index is 1110. The van der Waals surface area contributed by atoms with Crippen LogP contribution in [0, 0.1) is 11.6 Å². The molecule has 32 heavy (non-hydrogen) atoms. The Kier molecular flexibility index (Phi) is 7.32. The average Bonchev–Trinajstić information content (AvgIpc) is 2.75. The van der Waals surface area contributed by atoms with Gasteiger partial charge in [0.15, 0.2) is 11.6 Å². The maximum atomic E-state index is 14.7. The van der Waals surface area contributed by atoms with Crippen molar-refractivity contribution in [1.29, 1.82) is 0 Å². The Morgan fingerprint density at radius 3 is 2.53 bits per heavy atom. The number of nitrogens with two attached hydrogens (primary N) is 2. The first kappa shape index (κ1) is 23.1. The maximum Gasteiger partial charge on any atom is 0.252 e. The third kappa shape index (κ3) is 5.36. The van der Waals surface area contributed by atoms with E-state index in [9.17, 15) is 13.6 Å². The highest BCUT2D eigenvalue weighted by Crippen LogP contribution is 2.28. The van der Waals surface area contributed by atoms with Crippen LogP contribution in [0.2, 0.25) is 0 Å². The summed E-state index contributed by atoms with van der Waals surface area (Å²) in [5, 5.41) is 5.97. The van der Waals surface area contributed by atoms with Crippen molar-refractivity contribution in [3.63, 3.8) is 0 Å². The molecular formula is C23H26F2N6O. The molecule has 2 aromatic heterocycles. The van der Waals surface area contributed by atoms with Crippen molar-refractivity contribution < 1.29 is 13.6 Å². The number of aromatic nitrogens is 2. The van der Waals surface area contributed by atoms with Gasteiger partial charge in [-0.3, -0.25) is 9.78 Å².